The van der Waals surface area contributed by atoms with Crippen molar-refractivity contribution in [2.24, 2.45) is 5.92 Å². The molecule has 4 nitrogen and oxygen atoms in total. The van der Waals surface area contributed by atoms with Gasteiger partial charge in [-0.15, -0.1) is 0 Å². The van der Waals surface area contributed by atoms with Crippen LogP contribution in [0.3, 0.4) is 0 Å². The molecule has 1 N–H and O–H groups in total. The molecule has 1 aromatic carbocycles. The summed E-state index contributed by atoms with van der Waals surface area (Å²) in [4.78, 5) is 24.1. The number of benzene rings is 1. The first kappa shape index (κ1) is 20.2. The second-order valence-electron chi connectivity index (χ2n) is 6.67. The number of esters is 1. The van der Waals surface area contributed by atoms with Crippen molar-refractivity contribution < 1.29 is 19.4 Å². The van der Waals surface area contributed by atoms with E-state index in [0.717, 1.165) is 38.5 Å². The van der Waals surface area contributed by atoms with Crippen LogP contribution < -0.4 is 0 Å². The number of carboxylic acid groups (broad SMARTS) is 1. The van der Waals surface area contributed by atoms with Crippen LogP contribution in [0.1, 0.15) is 86.9 Å². The standard InChI is InChI=1S/C20H30O4/c1-5-7-13-20(15(3)4,14-8-6-2)24-19(23)17-12-10-9-11-16(17)18(21)22/h9-12,15H,5-8,13-14H2,1-4H3,(H,21,22). The Kier molecular flexibility index (Phi) is 7.96. The highest BCUT2D eigenvalue weighted by atomic mass is 16.6. The molecule has 0 heterocycles. The molecule has 0 radical (unpaired) electrons. The van der Waals surface area contributed by atoms with Gasteiger partial charge in [-0.3, -0.25) is 0 Å². The lowest BCUT2D eigenvalue weighted by molar-refractivity contribution is -0.0562. The average molecular weight is 334 g/mol. The van der Waals surface area contributed by atoms with Gasteiger partial charge < -0.3 is 9.84 Å². The van der Waals surface area contributed by atoms with Gasteiger partial charge in [-0.25, -0.2) is 9.59 Å². The van der Waals surface area contributed by atoms with Crippen LogP contribution in [0, 0.1) is 5.92 Å². The molecule has 0 unspecified atom stereocenters. The van der Waals surface area contributed by atoms with Crippen molar-refractivity contribution >= 4 is 11.9 Å². The zero-order valence-corrected chi connectivity index (χ0v) is 15.3. The summed E-state index contributed by atoms with van der Waals surface area (Å²) in [5, 5.41) is 9.30. The van der Waals surface area contributed by atoms with E-state index in [1.807, 2.05) is 0 Å². The van der Waals surface area contributed by atoms with Gasteiger partial charge in [-0.05, 0) is 43.7 Å². The minimum atomic E-state index is -1.11. The topological polar surface area (TPSA) is 63.6 Å². The van der Waals surface area contributed by atoms with Crippen molar-refractivity contribution in [1.29, 1.82) is 0 Å². The summed E-state index contributed by atoms with van der Waals surface area (Å²) in [6.45, 7) is 8.38. The van der Waals surface area contributed by atoms with Gasteiger partial charge in [0.2, 0.25) is 0 Å². The van der Waals surface area contributed by atoms with E-state index >= 15 is 0 Å². The molecule has 0 saturated heterocycles. The monoisotopic (exact) mass is 334 g/mol. The number of aromatic carboxylic acids is 1. The summed E-state index contributed by atoms with van der Waals surface area (Å²) >= 11 is 0. The molecule has 24 heavy (non-hydrogen) atoms. The lowest BCUT2D eigenvalue weighted by atomic mass is 9.81. The molecule has 0 fully saturated rings. The zero-order chi connectivity index (χ0) is 18.2. The van der Waals surface area contributed by atoms with Gasteiger partial charge in [0.1, 0.15) is 5.60 Å². The van der Waals surface area contributed by atoms with Gasteiger partial charge >= 0.3 is 11.9 Å². The van der Waals surface area contributed by atoms with Crippen LogP contribution in [0.5, 0.6) is 0 Å². The van der Waals surface area contributed by atoms with Crippen LogP contribution in [0.25, 0.3) is 0 Å². The van der Waals surface area contributed by atoms with Crippen molar-refractivity contribution in [3.63, 3.8) is 0 Å². The molecule has 4 heteroatoms. The summed E-state index contributed by atoms with van der Waals surface area (Å²) in [6, 6.07) is 6.24. The molecule has 0 spiro atoms. The van der Waals surface area contributed by atoms with Crippen molar-refractivity contribution in [3.05, 3.63) is 35.4 Å². The van der Waals surface area contributed by atoms with Gasteiger partial charge in [0, 0.05) is 0 Å². The maximum absolute atomic E-state index is 12.7. The van der Waals surface area contributed by atoms with Crippen LogP contribution in [0.2, 0.25) is 0 Å². The fourth-order valence-electron chi connectivity index (χ4n) is 2.96. The number of carbonyl (C=O) groups excluding carboxylic acids is 1. The van der Waals surface area contributed by atoms with Gasteiger partial charge in [-0.2, -0.15) is 0 Å². The Morgan fingerprint density at radius 2 is 1.54 bits per heavy atom. The highest BCUT2D eigenvalue weighted by Crippen LogP contribution is 2.34. The largest absolute Gasteiger partial charge is 0.478 e. The molecule has 1 rings (SSSR count). The molecule has 0 saturated carbocycles. The Labute approximate surface area is 145 Å². The van der Waals surface area contributed by atoms with Crippen LogP contribution in [-0.2, 0) is 4.74 Å². The average Bonchev–Trinajstić information content (AvgIpc) is 2.56. The highest BCUT2D eigenvalue weighted by molar-refractivity contribution is 6.02. The van der Waals surface area contributed by atoms with E-state index in [4.69, 9.17) is 4.74 Å². The van der Waals surface area contributed by atoms with E-state index in [0.29, 0.717) is 0 Å². The first-order chi connectivity index (χ1) is 11.4. The van der Waals surface area contributed by atoms with Crippen LogP contribution in [0.15, 0.2) is 24.3 Å². The summed E-state index contributed by atoms with van der Waals surface area (Å²) < 4.78 is 5.98. The minimum Gasteiger partial charge on any atom is -0.478 e. The third-order valence-electron chi connectivity index (χ3n) is 4.63. The number of hydrogen-bond acceptors (Lipinski definition) is 3. The second-order valence-corrected chi connectivity index (χ2v) is 6.67. The fraction of sp³-hybridized carbons (Fsp3) is 0.600. The fourth-order valence-corrected chi connectivity index (χ4v) is 2.96. The molecule has 0 amide bonds. The van der Waals surface area contributed by atoms with Crippen LogP contribution in [0.4, 0.5) is 0 Å². The molecule has 0 atom stereocenters. The number of carbonyl (C=O) groups is 2. The molecule has 0 aliphatic carbocycles. The Morgan fingerprint density at radius 3 is 1.96 bits per heavy atom. The molecule has 0 aliphatic rings. The summed E-state index contributed by atoms with van der Waals surface area (Å²) in [6.07, 6.45) is 5.64. The first-order valence-corrected chi connectivity index (χ1v) is 8.93. The third kappa shape index (κ3) is 5.08. The van der Waals surface area contributed by atoms with Crippen LogP contribution >= 0.6 is 0 Å². The lowest BCUT2D eigenvalue weighted by Gasteiger charge is -2.37. The highest BCUT2D eigenvalue weighted by Gasteiger charge is 2.37. The number of ether oxygens (including phenoxy) is 1. The van der Waals surface area contributed by atoms with Crippen LogP contribution in [-0.4, -0.2) is 22.6 Å². The normalized spacial score (nSPS) is 11.5. The predicted octanol–water partition coefficient (Wildman–Crippen LogP) is 5.32. The summed E-state index contributed by atoms with van der Waals surface area (Å²) in [5.74, 6) is -1.47. The molecule has 0 aliphatic heterocycles. The quantitative estimate of drug-likeness (QED) is 0.588. The van der Waals surface area contributed by atoms with Crippen molar-refractivity contribution in [2.45, 2.75) is 71.8 Å². The van der Waals surface area contributed by atoms with Gasteiger partial charge in [0.15, 0.2) is 0 Å². The van der Waals surface area contributed by atoms with Crippen molar-refractivity contribution in [1.82, 2.24) is 0 Å². The van der Waals surface area contributed by atoms with Crippen molar-refractivity contribution in [3.8, 4) is 0 Å². The number of hydrogen-bond donors (Lipinski definition) is 1. The predicted molar refractivity (Wildman–Crippen MR) is 95.4 cm³/mol. The maximum atomic E-state index is 12.7. The molecule has 1 aromatic rings. The maximum Gasteiger partial charge on any atom is 0.339 e. The first-order valence-electron chi connectivity index (χ1n) is 8.93. The third-order valence-corrected chi connectivity index (χ3v) is 4.63. The van der Waals surface area contributed by atoms with E-state index in [1.54, 1.807) is 12.1 Å². The SMILES string of the molecule is CCCCC(CCCC)(OC(=O)c1ccccc1C(=O)O)C(C)C. The Balaban J connectivity index is 3.12. The van der Waals surface area contributed by atoms with E-state index in [-0.39, 0.29) is 17.0 Å². The second kappa shape index (κ2) is 9.45. The van der Waals surface area contributed by atoms with E-state index < -0.39 is 17.5 Å². The van der Waals surface area contributed by atoms with Gasteiger partial charge in [-0.1, -0.05) is 52.7 Å². The molecule has 0 bridgehead atoms. The Bertz CT molecular complexity index is 540. The number of rotatable bonds is 10. The smallest absolute Gasteiger partial charge is 0.339 e. The summed E-state index contributed by atoms with van der Waals surface area (Å²) in [5.41, 5.74) is -0.413. The number of carboxylic acids is 1. The Hall–Kier alpha value is -1.84. The number of unbranched alkanes of at least 4 members (excludes halogenated alkanes) is 2. The van der Waals surface area contributed by atoms with E-state index in [9.17, 15) is 14.7 Å². The van der Waals surface area contributed by atoms with Gasteiger partial charge in [0.05, 0.1) is 11.1 Å². The molecular weight excluding hydrogens is 304 g/mol. The minimum absolute atomic E-state index is 0.00820. The Morgan fingerprint density at radius 1 is 1.04 bits per heavy atom. The van der Waals surface area contributed by atoms with Gasteiger partial charge in [0.25, 0.3) is 0 Å². The van der Waals surface area contributed by atoms with E-state index in [2.05, 4.69) is 27.7 Å². The van der Waals surface area contributed by atoms with E-state index in [1.165, 1.54) is 12.1 Å². The van der Waals surface area contributed by atoms with Crippen molar-refractivity contribution in [2.75, 3.05) is 0 Å². The molecule has 0 aromatic heterocycles. The summed E-state index contributed by atoms with van der Waals surface area (Å²) in [7, 11) is 0. The molecule has 134 valence electrons. The zero-order valence-electron chi connectivity index (χ0n) is 15.3. The molecular formula is C20H30O4. The lowest BCUT2D eigenvalue weighted by Crippen LogP contribution is -2.41.